The van der Waals surface area contributed by atoms with Gasteiger partial charge >= 0.3 is 0 Å². The van der Waals surface area contributed by atoms with Crippen LogP contribution >= 0.6 is 0 Å². The number of aromatic nitrogens is 1. The maximum Gasteiger partial charge on any atom is 0.0483 e. The second-order valence-electron chi connectivity index (χ2n) is 4.61. The Morgan fingerprint density at radius 3 is 2.88 bits per heavy atom. The number of rotatable bonds is 6. The molecule has 2 nitrogen and oxygen atoms in total. The molecule has 1 N–H and O–H groups in total. The molecule has 1 aromatic carbocycles. The predicted octanol–water partition coefficient (Wildman–Crippen LogP) is 3.20. The van der Waals surface area contributed by atoms with E-state index in [4.69, 9.17) is 0 Å². The van der Waals surface area contributed by atoms with Crippen molar-refractivity contribution in [1.82, 2.24) is 9.88 Å². The van der Waals surface area contributed by atoms with Crippen molar-refractivity contribution in [2.75, 3.05) is 13.6 Å². The normalized spacial score (nSPS) is 11.2. The molecule has 0 atom stereocenters. The standard InChI is InChI=1S/C15H22N2/c1-3-10-17-11-8-14-7-6-13(12-15(14)17)5-4-9-16-2/h6-8,11-12,16H,3-5,9-10H2,1-2H3. The Morgan fingerprint density at radius 2 is 2.12 bits per heavy atom. The van der Waals surface area contributed by atoms with Gasteiger partial charge in [-0.15, -0.1) is 0 Å². The minimum absolute atomic E-state index is 1.09. The zero-order chi connectivity index (χ0) is 12.1. The molecule has 17 heavy (non-hydrogen) atoms. The fourth-order valence-corrected chi connectivity index (χ4v) is 2.29. The summed E-state index contributed by atoms with van der Waals surface area (Å²) in [5.41, 5.74) is 2.83. The van der Waals surface area contributed by atoms with Crippen LogP contribution in [0.1, 0.15) is 25.3 Å². The van der Waals surface area contributed by atoms with E-state index in [0.717, 1.165) is 19.5 Å². The Balaban J connectivity index is 2.18. The van der Waals surface area contributed by atoms with Gasteiger partial charge in [-0.05, 0) is 55.9 Å². The molecule has 0 saturated carbocycles. The van der Waals surface area contributed by atoms with E-state index >= 15 is 0 Å². The first-order valence-corrected chi connectivity index (χ1v) is 6.57. The minimum atomic E-state index is 1.09. The average Bonchev–Trinajstić information content (AvgIpc) is 2.73. The lowest BCUT2D eigenvalue weighted by Gasteiger charge is -2.05. The molecule has 0 fully saturated rings. The summed E-state index contributed by atoms with van der Waals surface area (Å²) in [6.45, 7) is 4.43. The summed E-state index contributed by atoms with van der Waals surface area (Å²) in [5, 5.41) is 4.55. The molecule has 0 aliphatic carbocycles. The highest BCUT2D eigenvalue weighted by Gasteiger charge is 2.01. The maximum atomic E-state index is 3.20. The van der Waals surface area contributed by atoms with Gasteiger partial charge in [0.25, 0.3) is 0 Å². The molecule has 1 aromatic heterocycles. The van der Waals surface area contributed by atoms with Gasteiger partial charge in [0.2, 0.25) is 0 Å². The van der Waals surface area contributed by atoms with Crippen molar-refractivity contribution in [3.05, 3.63) is 36.0 Å². The zero-order valence-electron chi connectivity index (χ0n) is 10.9. The van der Waals surface area contributed by atoms with Gasteiger partial charge in [-0.1, -0.05) is 19.1 Å². The van der Waals surface area contributed by atoms with Crippen LogP contribution in [0, 0.1) is 0 Å². The van der Waals surface area contributed by atoms with Gasteiger partial charge in [0.1, 0.15) is 0 Å². The van der Waals surface area contributed by atoms with Crippen LogP contribution in [0.2, 0.25) is 0 Å². The van der Waals surface area contributed by atoms with Crippen molar-refractivity contribution in [1.29, 1.82) is 0 Å². The molecular formula is C15H22N2. The largest absolute Gasteiger partial charge is 0.347 e. The first-order chi connectivity index (χ1) is 8.35. The van der Waals surface area contributed by atoms with Crippen molar-refractivity contribution in [3.8, 4) is 0 Å². The van der Waals surface area contributed by atoms with E-state index in [9.17, 15) is 0 Å². The molecule has 2 aromatic rings. The molecule has 0 radical (unpaired) electrons. The number of fused-ring (bicyclic) bond motifs is 1. The summed E-state index contributed by atoms with van der Waals surface area (Å²) in [4.78, 5) is 0. The summed E-state index contributed by atoms with van der Waals surface area (Å²) in [7, 11) is 2.01. The van der Waals surface area contributed by atoms with E-state index in [0.29, 0.717) is 0 Å². The number of hydrogen-bond donors (Lipinski definition) is 1. The molecule has 92 valence electrons. The van der Waals surface area contributed by atoms with Crippen molar-refractivity contribution in [2.45, 2.75) is 32.7 Å². The quantitative estimate of drug-likeness (QED) is 0.754. The smallest absolute Gasteiger partial charge is 0.0483 e. The molecule has 0 unspecified atom stereocenters. The number of nitrogens with zero attached hydrogens (tertiary/aromatic N) is 1. The van der Waals surface area contributed by atoms with Gasteiger partial charge in [-0.2, -0.15) is 0 Å². The average molecular weight is 230 g/mol. The first kappa shape index (κ1) is 12.2. The second kappa shape index (κ2) is 5.87. The van der Waals surface area contributed by atoms with Gasteiger partial charge in [0.05, 0.1) is 0 Å². The third-order valence-corrected chi connectivity index (χ3v) is 3.20. The van der Waals surface area contributed by atoms with E-state index in [2.05, 4.69) is 47.3 Å². The Kier molecular flexibility index (Phi) is 4.21. The molecule has 0 aliphatic rings. The first-order valence-electron chi connectivity index (χ1n) is 6.57. The molecule has 0 saturated heterocycles. The topological polar surface area (TPSA) is 17.0 Å². The van der Waals surface area contributed by atoms with Crippen molar-refractivity contribution in [3.63, 3.8) is 0 Å². The van der Waals surface area contributed by atoms with Crippen molar-refractivity contribution >= 4 is 10.9 Å². The van der Waals surface area contributed by atoms with E-state index in [1.165, 1.54) is 29.3 Å². The summed E-state index contributed by atoms with van der Waals surface area (Å²) < 4.78 is 2.36. The van der Waals surface area contributed by atoms with Crippen LogP contribution in [-0.2, 0) is 13.0 Å². The fraction of sp³-hybridized carbons (Fsp3) is 0.467. The zero-order valence-corrected chi connectivity index (χ0v) is 10.9. The molecule has 0 bridgehead atoms. The molecule has 0 amide bonds. The van der Waals surface area contributed by atoms with Crippen molar-refractivity contribution < 1.29 is 0 Å². The highest BCUT2D eigenvalue weighted by molar-refractivity contribution is 5.80. The van der Waals surface area contributed by atoms with E-state index in [1.54, 1.807) is 0 Å². The van der Waals surface area contributed by atoms with E-state index < -0.39 is 0 Å². The van der Waals surface area contributed by atoms with Gasteiger partial charge in [0, 0.05) is 18.3 Å². The summed E-state index contributed by atoms with van der Waals surface area (Å²) in [5.74, 6) is 0. The van der Waals surface area contributed by atoms with Crippen LogP contribution in [0.3, 0.4) is 0 Å². The lowest BCUT2D eigenvalue weighted by molar-refractivity contribution is 0.702. The predicted molar refractivity (Wildman–Crippen MR) is 74.5 cm³/mol. The highest BCUT2D eigenvalue weighted by atomic mass is 14.9. The van der Waals surface area contributed by atoms with Crippen LogP contribution < -0.4 is 5.32 Å². The Morgan fingerprint density at radius 1 is 1.24 bits per heavy atom. The monoisotopic (exact) mass is 230 g/mol. The number of benzene rings is 1. The van der Waals surface area contributed by atoms with Crippen LogP contribution in [0.25, 0.3) is 10.9 Å². The van der Waals surface area contributed by atoms with Crippen molar-refractivity contribution in [2.24, 2.45) is 0 Å². The lowest BCUT2D eigenvalue weighted by atomic mass is 10.1. The highest BCUT2D eigenvalue weighted by Crippen LogP contribution is 2.18. The van der Waals surface area contributed by atoms with Gasteiger partial charge in [-0.3, -0.25) is 0 Å². The summed E-state index contributed by atoms with van der Waals surface area (Å²) in [6, 6.07) is 9.06. The van der Waals surface area contributed by atoms with Crippen LogP contribution in [-0.4, -0.2) is 18.2 Å². The third kappa shape index (κ3) is 2.89. The number of nitrogens with one attached hydrogen (secondary N) is 1. The SMILES string of the molecule is CCCn1ccc2ccc(CCCNC)cc21. The second-order valence-corrected chi connectivity index (χ2v) is 4.61. The van der Waals surface area contributed by atoms with Gasteiger partial charge in [-0.25, -0.2) is 0 Å². The molecule has 1 heterocycles. The summed E-state index contributed by atoms with van der Waals surface area (Å²) >= 11 is 0. The van der Waals surface area contributed by atoms with E-state index in [1.807, 2.05) is 7.05 Å². The van der Waals surface area contributed by atoms with Gasteiger partial charge in [0.15, 0.2) is 0 Å². The van der Waals surface area contributed by atoms with Crippen LogP contribution in [0.15, 0.2) is 30.5 Å². The van der Waals surface area contributed by atoms with Crippen LogP contribution in [0.5, 0.6) is 0 Å². The Labute approximate surface area is 104 Å². The fourth-order valence-electron chi connectivity index (χ4n) is 2.29. The van der Waals surface area contributed by atoms with Gasteiger partial charge < -0.3 is 9.88 Å². The molecule has 2 rings (SSSR count). The third-order valence-electron chi connectivity index (χ3n) is 3.20. The molecule has 0 aliphatic heterocycles. The number of aryl methyl sites for hydroxylation is 2. The number of hydrogen-bond acceptors (Lipinski definition) is 1. The Hall–Kier alpha value is -1.28. The Bertz CT molecular complexity index is 471. The molecule has 0 spiro atoms. The molecule has 2 heteroatoms. The molecular weight excluding hydrogens is 208 g/mol. The van der Waals surface area contributed by atoms with Crippen LogP contribution in [0.4, 0.5) is 0 Å². The van der Waals surface area contributed by atoms with E-state index in [-0.39, 0.29) is 0 Å². The maximum absolute atomic E-state index is 3.20. The minimum Gasteiger partial charge on any atom is -0.347 e. The summed E-state index contributed by atoms with van der Waals surface area (Å²) in [6.07, 6.45) is 5.75. The lowest BCUT2D eigenvalue weighted by Crippen LogP contribution is -2.08.